The summed E-state index contributed by atoms with van der Waals surface area (Å²) in [5.74, 6) is 0. The molecule has 7 heteroatoms. The maximum Gasteiger partial charge on any atom is 0.180 e. The highest BCUT2D eigenvalue weighted by Gasteiger charge is 2.33. The monoisotopic (exact) mass is 196 g/mol. The SMILES string of the molecule is O=CC(O)C(O)C(O)C(O)C(O)O. The topological polar surface area (TPSA) is 138 Å². The maximum absolute atomic E-state index is 9.92. The number of hydrogen-bond donors (Lipinski definition) is 6. The van der Waals surface area contributed by atoms with E-state index in [0.717, 1.165) is 0 Å². The van der Waals surface area contributed by atoms with Crippen molar-refractivity contribution in [2.45, 2.75) is 30.7 Å². The Labute approximate surface area is 73.5 Å². The van der Waals surface area contributed by atoms with Crippen LogP contribution < -0.4 is 0 Å². The molecule has 0 aliphatic heterocycles. The van der Waals surface area contributed by atoms with E-state index in [9.17, 15) is 4.79 Å². The van der Waals surface area contributed by atoms with Crippen molar-refractivity contribution in [3.8, 4) is 0 Å². The molecule has 0 aliphatic rings. The number of carbonyl (C=O) groups is 1. The molecule has 4 atom stereocenters. The first kappa shape index (κ1) is 12.4. The average Bonchev–Trinajstić information content (AvgIpc) is 2.12. The second-order valence-corrected chi connectivity index (χ2v) is 2.51. The number of carbonyl (C=O) groups excluding carboxylic acids is 1. The quantitative estimate of drug-likeness (QED) is 0.194. The highest BCUT2D eigenvalue weighted by Crippen LogP contribution is 2.05. The third-order valence-electron chi connectivity index (χ3n) is 1.49. The summed E-state index contributed by atoms with van der Waals surface area (Å²) in [5, 5.41) is 52.0. The third-order valence-corrected chi connectivity index (χ3v) is 1.49. The fourth-order valence-corrected chi connectivity index (χ4v) is 0.661. The van der Waals surface area contributed by atoms with Crippen LogP contribution in [0.3, 0.4) is 0 Å². The van der Waals surface area contributed by atoms with Crippen molar-refractivity contribution >= 4 is 6.29 Å². The number of rotatable bonds is 5. The van der Waals surface area contributed by atoms with Gasteiger partial charge < -0.3 is 35.4 Å². The molecule has 0 aromatic heterocycles. The first-order valence-electron chi connectivity index (χ1n) is 3.45. The van der Waals surface area contributed by atoms with E-state index in [1.165, 1.54) is 0 Å². The Kier molecular flexibility index (Phi) is 4.99. The number of aliphatic hydroxyl groups excluding tert-OH is 5. The van der Waals surface area contributed by atoms with Crippen LogP contribution in [0.4, 0.5) is 0 Å². The highest BCUT2D eigenvalue weighted by atomic mass is 16.5. The molecule has 0 aromatic rings. The molecule has 0 aromatic carbocycles. The summed E-state index contributed by atoms with van der Waals surface area (Å²) in [5.41, 5.74) is 0. The fourth-order valence-electron chi connectivity index (χ4n) is 0.661. The van der Waals surface area contributed by atoms with Crippen LogP contribution in [0.25, 0.3) is 0 Å². The van der Waals surface area contributed by atoms with Crippen LogP contribution in [0.2, 0.25) is 0 Å². The zero-order valence-electron chi connectivity index (χ0n) is 6.56. The lowest BCUT2D eigenvalue weighted by Gasteiger charge is -2.24. The third kappa shape index (κ3) is 3.35. The van der Waals surface area contributed by atoms with Crippen LogP contribution in [-0.4, -0.2) is 67.6 Å². The lowest BCUT2D eigenvalue weighted by molar-refractivity contribution is -0.187. The van der Waals surface area contributed by atoms with Gasteiger partial charge in [0, 0.05) is 0 Å². The molecular weight excluding hydrogens is 184 g/mol. The minimum absolute atomic E-state index is 0.0512. The zero-order valence-corrected chi connectivity index (χ0v) is 6.56. The van der Waals surface area contributed by atoms with E-state index in [-0.39, 0.29) is 6.29 Å². The molecule has 0 aliphatic carbocycles. The molecule has 0 spiro atoms. The Morgan fingerprint density at radius 1 is 0.769 bits per heavy atom. The van der Waals surface area contributed by atoms with Crippen molar-refractivity contribution in [1.82, 2.24) is 0 Å². The summed E-state index contributed by atoms with van der Waals surface area (Å²) < 4.78 is 0. The van der Waals surface area contributed by atoms with Crippen LogP contribution in [0.5, 0.6) is 0 Å². The molecule has 0 radical (unpaired) electrons. The predicted octanol–water partition coefficient (Wildman–Crippen LogP) is -4.06. The largest absolute Gasteiger partial charge is 0.387 e. The summed E-state index contributed by atoms with van der Waals surface area (Å²) in [6, 6.07) is 0. The second-order valence-electron chi connectivity index (χ2n) is 2.51. The fraction of sp³-hybridized carbons (Fsp3) is 0.833. The van der Waals surface area contributed by atoms with Crippen LogP contribution in [0.15, 0.2) is 0 Å². The predicted molar refractivity (Wildman–Crippen MR) is 38.3 cm³/mol. The molecule has 13 heavy (non-hydrogen) atoms. The lowest BCUT2D eigenvalue weighted by atomic mass is 10.0. The number of aliphatic hydroxyl groups is 6. The van der Waals surface area contributed by atoms with Gasteiger partial charge in [0.15, 0.2) is 12.6 Å². The minimum Gasteiger partial charge on any atom is -0.387 e. The van der Waals surface area contributed by atoms with Crippen molar-refractivity contribution in [1.29, 1.82) is 0 Å². The van der Waals surface area contributed by atoms with Crippen LogP contribution in [-0.2, 0) is 4.79 Å². The van der Waals surface area contributed by atoms with Crippen molar-refractivity contribution in [3.05, 3.63) is 0 Å². The van der Waals surface area contributed by atoms with Gasteiger partial charge in [-0.2, -0.15) is 0 Å². The van der Waals surface area contributed by atoms with Gasteiger partial charge in [-0.25, -0.2) is 0 Å². The molecule has 0 saturated heterocycles. The van der Waals surface area contributed by atoms with E-state index in [0.29, 0.717) is 0 Å². The molecule has 0 saturated carbocycles. The van der Waals surface area contributed by atoms with Gasteiger partial charge >= 0.3 is 0 Å². The van der Waals surface area contributed by atoms with Gasteiger partial charge in [-0.05, 0) is 0 Å². The molecule has 6 N–H and O–H groups in total. The van der Waals surface area contributed by atoms with Gasteiger partial charge in [-0.3, -0.25) is 0 Å². The lowest BCUT2D eigenvalue weighted by Crippen LogP contribution is -2.49. The van der Waals surface area contributed by atoms with E-state index < -0.39 is 30.7 Å². The molecule has 0 fully saturated rings. The van der Waals surface area contributed by atoms with Gasteiger partial charge in [0.1, 0.15) is 24.4 Å². The van der Waals surface area contributed by atoms with Gasteiger partial charge in [0.05, 0.1) is 0 Å². The molecule has 7 nitrogen and oxygen atoms in total. The molecule has 0 heterocycles. The first-order chi connectivity index (χ1) is 5.91. The van der Waals surface area contributed by atoms with Gasteiger partial charge in [-0.1, -0.05) is 0 Å². The minimum atomic E-state index is -2.26. The van der Waals surface area contributed by atoms with E-state index in [1.807, 2.05) is 0 Å². The standard InChI is InChI=1S/C6H12O7/c7-1-2(8)3(9)4(10)5(11)6(12)13/h1-6,8-13H. The molecular formula is C6H12O7. The summed E-state index contributed by atoms with van der Waals surface area (Å²) >= 11 is 0. The van der Waals surface area contributed by atoms with E-state index in [1.54, 1.807) is 0 Å². The first-order valence-corrected chi connectivity index (χ1v) is 3.45. The summed E-state index contributed by atoms with van der Waals surface area (Å²) in [6.07, 6.45) is -10.2. The second kappa shape index (κ2) is 5.22. The van der Waals surface area contributed by atoms with Crippen molar-refractivity contribution in [2.75, 3.05) is 0 Å². The number of aldehydes is 1. The molecule has 0 bridgehead atoms. The van der Waals surface area contributed by atoms with E-state index in [2.05, 4.69) is 0 Å². The molecule has 4 unspecified atom stereocenters. The smallest absolute Gasteiger partial charge is 0.180 e. The van der Waals surface area contributed by atoms with Gasteiger partial charge in [0.25, 0.3) is 0 Å². The zero-order chi connectivity index (χ0) is 10.6. The molecule has 0 rings (SSSR count). The Morgan fingerprint density at radius 2 is 1.23 bits per heavy atom. The Bertz CT molecular complexity index is 159. The van der Waals surface area contributed by atoms with Gasteiger partial charge in [0.2, 0.25) is 0 Å². The Hall–Kier alpha value is -0.570. The number of hydrogen-bond acceptors (Lipinski definition) is 7. The molecule has 0 amide bonds. The van der Waals surface area contributed by atoms with E-state index >= 15 is 0 Å². The van der Waals surface area contributed by atoms with Crippen LogP contribution in [0.1, 0.15) is 0 Å². The average molecular weight is 196 g/mol. The maximum atomic E-state index is 9.92. The summed E-state index contributed by atoms with van der Waals surface area (Å²) in [7, 11) is 0. The Balaban J connectivity index is 4.23. The van der Waals surface area contributed by atoms with Crippen LogP contribution >= 0.6 is 0 Å². The van der Waals surface area contributed by atoms with Crippen LogP contribution in [0, 0.1) is 0 Å². The van der Waals surface area contributed by atoms with Crippen molar-refractivity contribution in [2.24, 2.45) is 0 Å². The summed E-state index contributed by atoms with van der Waals surface area (Å²) in [4.78, 5) is 9.92. The van der Waals surface area contributed by atoms with Crippen molar-refractivity contribution < 1.29 is 35.4 Å². The van der Waals surface area contributed by atoms with E-state index in [4.69, 9.17) is 30.6 Å². The highest BCUT2D eigenvalue weighted by molar-refractivity contribution is 5.56. The van der Waals surface area contributed by atoms with Crippen molar-refractivity contribution in [3.63, 3.8) is 0 Å². The normalized spacial score (nSPS) is 20.8. The summed E-state index contributed by atoms with van der Waals surface area (Å²) in [6.45, 7) is 0. The molecule has 78 valence electrons. The van der Waals surface area contributed by atoms with Gasteiger partial charge in [-0.15, -0.1) is 0 Å². The Morgan fingerprint density at radius 3 is 1.54 bits per heavy atom.